The Labute approximate surface area is 80.7 Å². The van der Waals surface area contributed by atoms with Gasteiger partial charge in [-0.05, 0) is 6.42 Å². The first kappa shape index (κ1) is 12.2. The van der Waals surface area contributed by atoms with E-state index in [0.29, 0.717) is 13.1 Å². The summed E-state index contributed by atoms with van der Waals surface area (Å²) < 4.78 is 0. The Morgan fingerprint density at radius 1 is 1.31 bits per heavy atom. The molecule has 0 unspecified atom stereocenters. The standard InChI is InChI=1S/C9H21N3O/c1-4-5-7-12(8-6-10)9(13)11(2)3/h4-8,10H2,1-3H3. The van der Waals surface area contributed by atoms with E-state index in [1.807, 2.05) is 0 Å². The Balaban J connectivity index is 3.99. The zero-order chi connectivity index (χ0) is 10.3. The first-order chi connectivity index (χ1) is 6.13. The molecule has 4 heteroatoms. The highest BCUT2D eigenvalue weighted by atomic mass is 16.2. The third-order valence-electron chi connectivity index (χ3n) is 1.83. The van der Waals surface area contributed by atoms with E-state index in [1.165, 1.54) is 0 Å². The molecule has 0 spiro atoms. The first-order valence-corrected chi connectivity index (χ1v) is 4.79. The summed E-state index contributed by atoms with van der Waals surface area (Å²) in [6, 6.07) is 0.0545. The molecule has 0 aliphatic heterocycles. The molecule has 2 N–H and O–H groups in total. The van der Waals surface area contributed by atoms with Gasteiger partial charge in [-0.15, -0.1) is 0 Å². The smallest absolute Gasteiger partial charge is 0.319 e. The summed E-state index contributed by atoms with van der Waals surface area (Å²) in [5, 5.41) is 0. The molecule has 78 valence electrons. The summed E-state index contributed by atoms with van der Waals surface area (Å²) in [4.78, 5) is 14.9. The van der Waals surface area contributed by atoms with Crippen LogP contribution in [0.3, 0.4) is 0 Å². The summed E-state index contributed by atoms with van der Waals surface area (Å²) in [5.41, 5.74) is 5.43. The van der Waals surface area contributed by atoms with Crippen LogP contribution >= 0.6 is 0 Å². The van der Waals surface area contributed by atoms with Crippen LogP contribution < -0.4 is 5.73 Å². The molecule has 4 nitrogen and oxygen atoms in total. The third-order valence-corrected chi connectivity index (χ3v) is 1.83. The van der Waals surface area contributed by atoms with Crippen molar-refractivity contribution in [2.24, 2.45) is 5.73 Å². The lowest BCUT2D eigenvalue weighted by Gasteiger charge is -2.25. The quantitative estimate of drug-likeness (QED) is 0.689. The molecule has 0 aromatic carbocycles. The molecule has 0 rings (SSSR count). The lowest BCUT2D eigenvalue weighted by molar-refractivity contribution is 0.171. The molecule has 0 aromatic heterocycles. The van der Waals surface area contributed by atoms with Crippen molar-refractivity contribution in [3.63, 3.8) is 0 Å². The van der Waals surface area contributed by atoms with Crippen molar-refractivity contribution in [2.45, 2.75) is 19.8 Å². The first-order valence-electron chi connectivity index (χ1n) is 4.79. The monoisotopic (exact) mass is 187 g/mol. The second-order valence-electron chi connectivity index (χ2n) is 3.31. The van der Waals surface area contributed by atoms with Gasteiger partial charge in [-0.2, -0.15) is 0 Å². The minimum absolute atomic E-state index is 0.0545. The van der Waals surface area contributed by atoms with Crippen LogP contribution in [0.1, 0.15) is 19.8 Å². The van der Waals surface area contributed by atoms with Crippen LogP contribution in [0.4, 0.5) is 4.79 Å². The summed E-state index contributed by atoms with van der Waals surface area (Å²) in [7, 11) is 3.52. The van der Waals surface area contributed by atoms with E-state index in [9.17, 15) is 4.79 Å². The summed E-state index contributed by atoms with van der Waals surface area (Å²) in [6.45, 7) is 4.10. The van der Waals surface area contributed by atoms with Crippen LogP contribution in [-0.2, 0) is 0 Å². The number of urea groups is 1. The largest absolute Gasteiger partial charge is 0.331 e. The molecule has 0 aliphatic carbocycles. The Morgan fingerprint density at radius 3 is 2.31 bits per heavy atom. The van der Waals surface area contributed by atoms with Crippen molar-refractivity contribution in [1.82, 2.24) is 9.80 Å². The third kappa shape index (κ3) is 4.72. The number of carbonyl (C=O) groups excluding carboxylic acids is 1. The summed E-state index contributed by atoms with van der Waals surface area (Å²) in [5.74, 6) is 0. The Bertz CT molecular complexity index is 148. The molecule has 0 aliphatic rings. The number of hydrogen-bond donors (Lipinski definition) is 1. The van der Waals surface area contributed by atoms with Crippen molar-refractivity contribution in [3.05, 3.63) is 0 Å². The van der Waals surface area contributed by atoms with Crippen molar-refractivity contribution in [1.29, 1.82) is 0 Å². The van der Waals surface area contributed by atoms with E-state index in [-0.39, 0.29) is 6.03 Å². The molecule has 0 bridgehead atoms. The predicted octanol–water partition coefficient (Wildman–Crippen LogP) is 0.729. The molecule has 0 fully saturated rings. The maximum Gasteiger partial charge on any atom is 0.319 e. The number of carbonyl (C=O) groups is 1. The van der Waals surface area contributed by atoms with Gasteiger partial charge < -0.3 is 15.5 Å². The van der Waals surface area contributed by atoms with Crippen LogP contribution in [0, 0.1) is 0 Å². The minimum Gasteiger partial charge on any atom is -0.331 e. The zero-order valence-electron chi connectivity index (χ0n) is 8.92. The fourth-order valence-electron chi connectivity index (χ4n) is 1.09. The fourth-order valence-corrected chi connectivity index (χ4v) is 1.09. The van der Waals surface area contributed by atoms with Gasteiger partial charge in [-0.25, -0.2) is 4.79 Å². The number of rotatable bonds is 5. The molecular formula is C9H21N3O. The van der Waals surface area contributed by atoms with E-state index in [2.05, 4.69) is 6.92 Å². The maximum absolute atomic E-state index is 11.5. The number of amides is 2. The summed E-state index contributed by atoms with van der Waals surface area (Å²) in [6.07, 6.45) is 2.14. The van der Waals surface area contributed by atoms with E-state index in [1.54, 1.807) is 23.9 Å². The van der Waals surface area contributed by atoms with Crippen LogP contribution in [-0.4, -0.2) is 49.6 Å². The molecule has 0 aromatic rings. The Morgan fingerprint density at radius 2 is 1.92 bits per heavy atom. The molecule has 0 saturated carbocycles. The van der Waals surface area contributed by atoms with E-state index < -0.39 is 0 Å². The lowest BCUT2D eigenvalue weighted by Crippen LogP contribution is -2.42. The fraction of sp³-hybridized carbons (Fsp3) is 0.889. The van der Waals surface area contributed by atoms with Crippen LogP contribution in [0.15, 0.2) is 0 Å². The predicted molar refractivity (Wildman–Crippen MR) is 54.6 cm³/mol. The van der Waals surface area contributed by atoms with Gasteiger partial charge in [-0.3, -0.25) is 0 Å². The number of hydrogen-bond acceptors (Lipinski definition) is 2. The van der Waals surface area contributed by atoms with Gasteiger partial charge >= 0.3 is 6.03 Å². The molecular weight excluding hydrogens is 166 g/mol. The minimum atomic E-state index is 0.0545. The van der Waals surface area contributed by atoms with Gasteiger partial charge in [0.15, 0.2) is 0 Å². The van der Waals surface area contributed by atoms with Crippen LogP contribution in [0.25, 0.3) is 0 Å². The molecule has 0 atom stereocenters. The lowest BCUT2D eigenvalue weighted by atomic mass is 10.3. The SMILES string of the molecule is CCCCN(CCN)C(=O)N(C)C. The topological polar surface area (TPSA) is 49.6 Å². The number of unbranched alkanes of at least 4 members (excludes halogenated alkanes) is 1. The van der Waals surface area contributed by atoms with Gasteiger partial charge in [0, 0.05) is 33.7 Å². The molecule has 2 amide bonds. The van der Waals surface area contributed by atoms with Crippen molar-refractivity contribution in [2.75, 3.05) is 33.7 Å². The van der Waals surface area contributed by atoms with Crippen molar-refractivity contribution in [3.8, 4) is 0 Å². The van der Waals surface area contributed by atoms with Gasteiger partial charge in [0.2, 0.25) is 0 Å². The van der Waals surface area contributed by atoms with Gasteiger partial charge in [-0.1, -0.05) is 13.3 Å². The number of nitrogens with two attached hydrogens (primary N) is 1. The van der Waals surface area contributed by atoms with Gasteiger partial charge in [0.1, 0.15) is 0 Å². The Kier molecular flexibility index (Phi) is 6.32. The Hall–Kier alpha value is -0.770. The average molecular weight is 187 g/mol. The van der Waals surface area contributed by atoms with Crippen molar-refractivity contribution < 1.29 is 4.79 Å². The average Bonchev–Trinajstić information content (AvgIpc) is 2.11. The molecule has 0 radical (unpaired) electrons. The zero-order valence-corrected chi connectivity index (χ0v) is 8.92. The van der Waals surface area contributed by atoms with Crippen LogP contribution in [0.2, 0.25) is 0 Å². The normalized spacial score (nSPS) is 9.85. The van der Waals surface area contributed by atoms with E-state index in [4.69, 9.17) is 5.73 Å². The van der Waals surface area contributed by atoms with E-state index in [0.717, 1.165) is 19.4 Å². The number of nitrogens with zero attached hydrogens (tertiary/aromatic N) is 2. The molecule has 13 heavy (non-hydrogen) atoms. The maximum atomic E-state index is 11.5. The second kappa shape index (κ2) is 6.71. The molecule has 0 saturated heterocycles. The summed E-state index contributed by atoms with van der Waals surface area (Å²) >= 11 is 0. The van der Waals surface area contributed by atoms with E-state index >= 15 is 0 Å². The highest BCUT2D eigenvalue weighted by Gasteiger charge is 2.12. The van der Waals surface area contributed by atoms with Crippen LogP contribution in [0.5, 0.6) is 0 Å². The van der Waals surface area contributed by atoms with Gasteiger partial charge in [0.05, 0.1) is 0 Å². The second-order valence-corrected chi connectivity index (χ2v) is 3.31. The van der Waals surface area contributed by atoms with Crippen molar-refractivity contribution >= 4 is 6.03 Å². The highest BCUT2D eigenvalue weighted by Crippen LogP contribution is 1.98. The molecule has 0 heterocycles. The van der Waals surface area contributed by atoms with Gasteiger partial charge in [0.25, 0.3) is 0 Å². The highest BCUT2D eigenvalue weighted by molar-refractivity contribution is 5.73.